The Morgan fingerprint density at radius 2 is 1.00 bits per heavy atom. The van der Waals surface area contributed by atoms with Gasteiger partial charge in [0.1, 0.15) is 0 Å². The van der Waals surface area contributed by atoms with E-state index in [1.165, 1.54) is 0 Å². The largest absolute Gasteiger partial charge is 0.482 e. The molecule has 33 heavy (non-hydrogen) atoms. The molecule has 0 aromatic rings. The summed E-state index contributed by atoms with van der Waals surface area (Å²) in [5.74, 6) is 0. The third kappa shape index (κ3) is 17.6. The lowest BCUT2D eigenvalue weighted by atomic mass is 10.0. The van der Waals surface area contributed by atoms with E-state index in [0.29, 0.717) is 54.5 Å². The van der Waals surface area contributed by atoms with Gasteiger partial charge in [-0.25, -0.2) is 14.6 Å². The van der Waals surface area contributed by atoms with Gasteiger partial charge in [0.25, 0.3) is 0 Å². The summed E-state index contributed by atoms with van der Waals surface area (Å²) in [6, 6.07) is 0. The highest BCUT2D eigenvalue weighted by Gasteiger charge is 2.37. The van der Waals surface area contributed by atoms with Crippen molar-refractivity contribution in [3.8, 4) is 0 Å². The SMILES string of the molecule is CC(O)(CBr)CCCOP(N)(=O)OP(=O)(OCCCC(C)(O)CBr)OCCCC(C)(O)CBr. The number of rotatable bonds is 20. The molecular formula is C18H38Br3NO9P2. The van der Waals surface area contributed by atoms with Crippen LogP contribution in [0.25, 0.3) is 0 Å². The molecule has 0 bridgehead atoms. The van der Waals surface area contributed by atoms with Crippen molar-refractivity contribution in [2.45, 2.75) is 76.1 Å². The van der Waals surface area contributed by atoms with Crippen molar-refractivity contribution in [1.82, 2.24) is 0 Å². The molecule has 0 amide bonds. The molecule has 0 spiro atoms. The van der Waals surface area contributed by atoms with Crippen LogP contribution in [0.3, 0.4) is 0 Å². The Morgan fingerprint density at radius 1 is 0.697 bits per heavy atom. The molecule has 0 aromatic carbocycles. The molecule has 15 heteroatoms. The molecule has 200 valence electrons. The number of nitrogens with two attached hydrogens (primary N) is 1. The molecule has 4 unspecified atom stereocenters. The molecule has 0 aromatic heterocycles. The molecule has 0 aliphatic heterocycles. The first-order valence-electron chi connectivity index (χ1n) is 10.5. The molecule has 0 rings (SSSR count). The summed E-state index contributed by atoms with van der Waals surface area (Å²) in [5, 5.41) is 31.1. The summed E-state index contributed by atoms with van der Waals surface area (Å²) in [5.41, 5.74) is 2.68. The first-order chi connectivity index (χ1) is 15.0. The monoisotopic (exact) mass is 711 g/mol. The molecule has 0 aliphatic carbocycles. The van der Waals surface area contributed by atoms with E-state index in [1.807, 2.05) is 0 Å². The minimum atomic E-state index is -4.37. The van der Waals surface area contributed by atoms with E-state index in [0.717, 1.165) is 0 Å². The molecule has 10 nitrogen and oxygen atoms in total. The first-order valence-corrected chi connectivity index (χ1v) is 16.9. The van der Waals surface area contributed by atoms with Crippen molar-refractivity contribution in [3.63, 3.8) is 0 Å². The number of hydrogen-bond donors (Lipinski definition) is 4. The van der Waals surface area contributed by atoms with Gasteiger partial charge < -0.3 is 15.3 Å². The van der Waals surface area contributed by atoms with E-state index in [1.54, 1.807) is 20.8 Å². The number of alkyl halides is 3. The van der Waals surface area contributed by atoms with Crippen molar-refractivity contribution in [3.05, 3.63) is 0 Å². The van der Waals surface area contributed by atoms with Crippen molar-refractivity contribution in [2.24, 2.45) is 5.50 Å². The van der Waals surface area contributed by atoms with Gasteiger partial charge in [-0.15, -0.1) is 0 Å². The van der Waals surface area contributed by atoms with Crippen LogP contribution in [0.15, 0.2) is 0 Å². The lowest BCUT2D eigenvalue weighted by Gasteiger charge is -2.24. The summed E-state index contributed by atoms with van der Waals surface area (Å²) in [4.78, 5) is 0. The molecule has 4 atom stereocenters. The zero-order valence-electron chi connectivity index (χ0n) is 19.4. The number of phosphoric acid groups is 1. The zero-order chi connectivity index (χ0) is 25.8. The van der Waals surface area contributed by atoms with E-state index >= 15 is 0 Å². The summed E-state index contributed by atoms with van der Waals surface area (Å²) >= 11 is 9.61. The quantitative estimate of drug-likeness (QED) is 0.0769. The average Bonchev–Trinajstić information content (AvgIpc) is 2.72. The van der Waals surface area contributed by atoms with E-state index in [4.69, 9.17) is 23.4 Å². The fourth-order valence-electron chi connectivity index (χ4n) is 2.35. The first kappa shape index (κ1) is 34.6. The lowest BCUT2D eigenvalue weighted by Crippen LogP contribution is -2.26. The molecule has 0 aliphatic rings. The van der Waals surface area contributed by atoms with Crippen LogP contribution in [-0.2, 0) is 27.0 Å². The summed E-state index contributed by atoms with van der Waals surface area (Å²) in [7, 11) is -8.66. The van der Waals surface area contributed by atoms with Crippen LogP contribution >= 0.6 is 63.4 Å². The third-order valence-electron chi connectivity index (χ3n) is 4.43. The van der Waals surface area contributed by atoms with Gasteiger partial charge in [0.15, 0.2) is 0 Å². The second-order valence-corrected chi connectivity index (χ2v) is 13.9. The van der Waals surface area contributed by atoms with Crippen molar-refractivity contribution in [1.29, 1.82) is 0 Å². The molecule has 0 radical (unpaired) electrons. The standard InChI is InChI=1S/C18H38Br3NO9P2/c1-16(23,13-19)7-4-10-28-32(22,26)31-33(27,29-11-5-8-17(2,24)14-20)30-12-6-9-18(3,25)15-21/h23-25H,4-15H2,1-3H3,(H2,22,26). The van der Waals surface area contributed by atoms with Crippen molar-refractivity contribution in [2.75, 3.05) is 35.8 Å². The van der Waals surface area contributed by atoms with Gasteiger partial charge in [-0.2, -0.15) is 4.31 Å². The van der Waals surface area contributed by atoms with Crippen molar-refractivity contribution >= 4 is 63.4 Å². The highest BCUT2D eigenvalue weighted by molar-refractivity contribution is 9.09. The minimum Gasteiger partial charge on any atom is -0.389 e. The predicted molar refractivity (Wildman–Crippen MR) is 139 cm³/mol. The Balaban J connectivity index is 4.92. The van der Waals surface area contributed by atoms with Crippen LogP contribution in [0.5, 0.6) is 0 Å². The van der Waals surface area contributed by atoms with Crippen LogP contribution in [0.2, 0.25) is 0 Å². The Bertz CT molecular complexity index is 626. The summed E-state index contributed by atoms with van der Waals surface area (Å²) in [6.07, 6.45) is 2.02. The minimum absolute atomic E-state index is 0.0981. The van der Waals surface area contributed by atoms with E-state index in [2.05, 4.69) is 47.8 Å². The lowest BCUT2D eigenvalue weighted by molar-refractivity contribution is 0.0602. The van der Waals surface area contributed by atoms with Gasteiger partial charge in [0.05, 0.1) is 36.6 Å². The second kappa shape index (κ2) is 15.7. The predicted octanol–water partition coefficient (Wildman–Crippen LogP) is 5.01. The molecule has 0 heterocycles. The normalized spacial score (nSPS) is 21.4. The Kier molecular flexibility index (Phi) is 16.5. The fraction of sp³-hybridized carbons (Fsp3) is 1.00. The summed E-state index contributed by atoms with van der Waals surface area (Å²) < 4.78 is 46.2. The van der Waals surface area contributed by atoms with Crippen molar-refractivity contribution < 1.29 is 42.3 Å². The van der Waals surface area contributed by atoms with Crippen LogP contribution in [-0.4, -0.2) is 67.9 Å². The summed E-state index contributed by atoms with van der Waals surface area (Å²) in [6.45, 7) is 4.61. The maximum Gasteiger partial charge on any atom is 0.482 e. The van der Waals surface area contributed by atoms with Crippen LogP contribution in [0.4, 0.5) is 0 Å². The molecule has 0 fully saturated rings. The third-order valence-corrected chi connectivity index (χ3v) is 11.3. The molecule has 0 saturated carbocycles. The van der Waals surface area contributed by atoms with Crippen LogP contribution in [0, 0.1) is 0 Å². The fourth-order valence-corrected chi connectivity index (χ4v) is 6.04. The van der Waals surface area contributed by atoms with Gasteiger partial charge >= 0.3 is 15.6 Å². The average molecular weight is 714 g/mol. The van der Waals surface area contributed by atoms with Gasteiger partial charge in [-0.05, 0) is 59.3 Å². The number of halogens is 3. The second-order valence-electron chi connectivity index (χ2n) is 8.77. The zero-order valence-corrected chi connectivity index (χ0v) is 25.9. The number of hydrogen-bond acceptors (Lipinski definition) is 9. The number of phosphoric ester groups is 1. The molecular weight excluding hydrogens is 676 g/mol. The Labute approximate surface area is 222 Å². The molecule has 5 N–H and O–H groups in total. The van der Waals surface area contributed by atoms with Crippen LogP contribution in [0.1, 0.15) is 59.3 Å². The topological polar surface area (TPSA) is 158 Å². The smallest absolute Gasteiger partial charge is 0.389 e. The maximum atomic E-state index is 13.1. The van der Waals surface area contributed by atoms with E-state index in [-0.39, 0.29) is 19.8 Å². The number of aliphatic hydroxyl groups is 3. The Morgan fingerprint density at radius 3 is 1.30 bits per heavy atom. The highest BCUT2D eigenvalue weighted by Crippen LogP contribution is 2.62. The van der Waals surface area contributed by atoms with Gasteiger partial charge in [0, 0.05) is 16.0 Å². The van der Waals surface area contributed by atoms with Gasteiger partial charge in [0.2, 0.25) is 0 Å². The molecule has 0 saturated heterocycles. The van der Waals surface area contributed by atoms with Crippen LogP contribution < -0.4 is 5.50 Å². The van der Waals surface area contributed by atoms with Gasteiger partial charge in [-0.3, -0.25) is 13.6 Å². The van der Waals surface area contributed by atoms with E-state index < -0.39 is 32.4 Å². The van der Waals surface area contributed by atoms with E-state index in [9.17, 15) is 24.4 Å². The van der Waals surface area contributed by atoms with Gasteiger partial charge in [-0.1, -0.05) is 47.8 Å². The highest BCUT2D eigenvalue weighted by atomic mass is 79.9. The Hall–Kier alpha value is 1.58. The maximum absolute atomic E-state index is 13.1.